The molecule has 1 aromatic carbocycles. The van der Waals surface area contributed by atoms with E-state index in [1.54, 1.807) is 0 Å². The van der Waals surface area contributed by atoms with Crippen LogP contribution >= 0.6 is 0 Å². The van der Waals surface area contributed by atoms with Crippen LogP contribution in [0, 0.1) is 5.92 Å². The van der Waals surface area contributed by atoms with Gasteiger partial charge < -0.3 is 14.7 Å². The summed E-state index contributed by atoms with van der Waals surface area (Å²) in [4.78, 5) is 24.4. The van der Waals surface area contributed by atoms with E-state index >= 15 is 0 Å². The zero-order valence-corrected chi connectivity index (χ0v) is 12.5. The molecule has 1 aliphatic heterocycles. The number of anilines is 1. The number of carboxylic acids is 1. The minimum absolute atomic E-state index is 0.0601. The topological polar surface area (TPSA) is 101 Å². The predicted octanol–water partition coefficient (Wildman–Crippen LogP) is 1.05. The molecule has 9 heteroatoms. The Bertz CT molecular complexity index is 717. The zero-order chi connectivity index (χ0) is 16.5. The Morgan fingerprint density at radius 1 is 1.50 bits per heavy atom. The minimum Gasteiger partial charge on any atom is -0.497 e. The molecule has 0 aliphatic carbocycles. The van der Waals surface area contributed by atoms with Crippen LogP contribution in [0.5, 0.6) is 5.75 Å². The van der Waals surface area contributed by atoms with E-state index in [1.165, 1.54) is 25.3 Å². The lowest BCUT2D eigenvalue weighted by atomic mass is 10.1. The molecule has 0 radical (unpaired) electrons. The average molecular weight is 331 g/mol. The number of carboxylic acid groups (broad SMARTS) is 1. The van der Waals surface area contributed by atoms with E-state index in [0.717, 1.165) is 4.90 Å². The number of hydrogen-bond acceptors (Lipinski definition) is 5. The molecule has 22 heavy (non-hydrogen) atoms. The van der Waals surface area contributed by atoms with Gasteiger partial charge in [0.1, 0.15) is 5.75 Å². The Morgan fingerprint density at radius 2 is 2.18 bits per heavy atom. The fraction of sp³-hybridized carbons (Fsp3) is 0.385. The molecule has 0 aromatic heterocycles. The number of rotatable bonds is 5. The zero-order valence-electron chi connectivity index (χ0n) is 11.7. The Hall–Kier alpha value is -2.16. The number of nitrogens with zero attached hydrogens (tertiary/aromatic N) is 1. The van der Waals surface area contributed by atoms with E-state index in [0.29, 0.717) is 5.75 Å². The van der Waals surface area contributed by atoms with Gasteiger partial charge in [-0.05, 0) is 12.1 Å². The molecule has 2 rings (SSSR count). The second-order valence-electron chi connectivity index (χ2n) is 4.97. The first-order valence-electron chi connectivity index (χ1n) is 6.35. The van der Waals surface area contributed by atoms with Crippen molar-refractivity contribution in [2.45, 2.75) is 6.42 Å². The third kappa shape index (κ3) is 3.53. The van der Waals surface area contributed by atoms with Gasteiger partial charge in [-0.25, -0.2) is 4.79 Å². The quantitative estimate of drug-likeness (QED) is 0.809. The lowest BCUT2D eigenvalue weighted by Gasteiger charge is -2.19. The second kappa shape index (κ2) is 5.91. The van der Waals surface area contributed by atoms with Crippen LogP contribution in [-0.2, 0) is 15.0 Å². The summed E-state index contributed by atoms with van der Waals surface area (Å²) in [7, 11) is -3.30. The van der Waals surface area contributed by atoms with Crippen molar-refractivity contribution in [2.75, 3.05) is 24.3 Å². The van der Waals surface area contributed by atoms with E-state index < -0.39 is 33.8 Å². The molecule has 7 nitrogen and oxygen atoms in total. The molecule has 1 atom stereocenters. The van der Waals surface area contributed by atoms with Crippen LogP contribution in [0.15, 0.2) is 18.2 Å². The first-order valence-corrected chi connectivity index (χ1v) is 7.90. The van der Waals surface area contributed by atoms with Gasteiger partial charge in [-0.15, -0.1) is 3.89 Å². The highest BCUT2D eigenvalue weighted by atomic mass is 32.3. The van der Waals surface area contributed by atoms with Gasteiger partial charge in [0.05, 0.1) is 24.1 Å². The maximum atomic E-state index is 12.8. The Morgan fingerprint density at radius 3 is 2.73 bits per heavy atom. The fourth-order valence-electron chi connectivity index (χ4n) is 2.45. The van der Waals surface area contributed by atoms with Crippen molar-refractivity contribution in [3.05, 3.63) is 23.8 Å². The van der Waals surface area contributed by atoms with Crippen molar-refractivity contribution >= 4 is 27.8 Å². The van der Waals surface area contributed by atoms with Gasteiger partial charge in [0.25, 0.3) is 0 Å². The first-order chi connectivity index (χ1) is 10.2. The largest absolute Gasteiger partial charge is 0.497 e. The van der Waals surface area contributed by atoms with Gasteiger partial charge in [-0.3, -0.25) is 4.79 Å². The lowest BCUT2D eigenvalue weighted by Crippen LogP contribution is -2.27. The van der Waals surface area contributed by atoms with Crippen LogP contribution in [0.25, 0.3) is 0 Å². The second-order valence-corrected chi connectivity index (χ2v) is 6.38. The molecule has 1 aromatic rings. The molecule has 1 heterocycles. The van der Waals surface area contributed by atoms with Crippen molar-refractivity contribution in [1.82, 2.24) is 0 Å². The highest BCUT2D eigenvalue weighted by molar-refractivity contribution is 7.86. The Labute approximate surface area is 126 Å². The van der Waals surface area contributed by atoms with Crippen LogP contribution in [-0.4, -0.2) is 44.8 Å². The molecular weight excluding hydrogens is 317 g/mol. The predicted molar refractivity (Wildman–Crippen MR) is 75.3 cm³/mol. The van der Waals surface area contributed by atoms with Crippen molar-refractivity contribution < 1.29 is 31.7 Å². The average Bonchev–Trinajstić information content (AvgIpc) is 2.76. The van der Waals surface area contributed by atoms with Crippen molar-refractivity contribution in [2.24, 2.45) is 5.92 Å². The number of halogens is 1. The number of aromatic carboxylic acids is 1. The molecule has 120 valence electrons. The normalized spacial score (nSPS) is 18.5. The van der Waals surface area contributed by atoms with Crippen molar-refractivity contribution in [3.63, 3.8) is 0 Å². The summed E-state index contributed by atoms with van der Waals surface area (Å²) in [6.07, 6.45) is -0.153. The number of ether oxygens (including phenoxy) is 1. The SMILES string of the molecule is COc1ccc(C(=O)O)c(N2CC(CS(=O)(=O)F)CC2=O)c1. The number of amides is 1. The highest BCUT2D eigenvalue weighted by Gasteiger charge is 2.35. The van der Waals surface area contributed by atoms with Gasteiger partial charge >= 0.3 is 16.2 Å². The van der Waals surface area contributed by atoms with E-state index in [-0.39, 0.29) is 24.2 Å². The van der Waals surface area contributed by atoms with Gasteiger partial charge in [-0.2, -0.15) is 8.42 Å². The van der Waals surface area contributed by atoms with Crippen LogP contribution < -0.4 is 9.64 Å². The third-order valence-electron chi connectivity index (χ3n) is 3.37. The number of benzene rings is 1. The number of methoxy groups -OCH3 is 1. The molecule has 0 bridgehead atoms. The summed E-state index contributed by atoms with van der Waals surface area (Å²) in [5.41, 5.74) is -0.00601. The summed E-state index contributed by atoms with van der Waals surface area (Å²) in [6.45, 7) is -0.0601. The lowest BCUT2D eigenvalue weighted by molar-refractivity contribution is -0.117. The molecule has 1 N–H and O–H groups in total. The third-order valence-corrected chi connectivity index (χ3v) is 4.24. The molecule has 1 unspecified atom stereocenters. The molecule has 1 aliphatic rings. The molecule has 1 saturated heterocycles. The standard InChI is InChI=1S/C13H14FNO6S/c1-21-9-2-3-10(13(17)18)11(5-9)15-6-8(4-12(15)16)7-22(14,19)20/h2-3,5,8H,4,6-7H2,1H3,(H,17,18). The van der Waals surface area contributed by atoms with Crippen molar-refractivity contribution in [1.29, 1.82) is 0 Å². The maximum Gasteiger partial charge on any atom is 0.337 e. The highest BCUT2D eigenvalue weighted by Crippen LogP contribution is 2.32. The number of carbonyl (C=O) groups excluding carboxylic acids is 1. The minimum atomic E-state index is -4.70. The Balaban J connectivity index is 2.35. The van der Waals surface area contributed by atoms with Crippen molar-refractivity contribution in [3.8, 4) is 5.75 Å². The van der Waals surface area contributed by atoms with E-state index in [9.17, 15) is 27.0 Å². The summed E-state index contributed by atoms with van der Waals surface area (Å²) in [5.74, 6) is -2.80. The van der Waals surface area contributed by atoms with Crippen LogP contribution in [0.4, 0.5) is 9.57 Å². The van der Waals surface area contributed by atoms with Crippen LogP contribution in [0.2, 0.25) is 0 Å². The summed E-state index contributed by atoms with van der Waals surface area (Å²) < 4.78 is 39.2. The van der Waals surface area contributed by atoms with E-state index in [4.69, 9.17) is 4.74 Å². The van der Waals surface area contributed by atoms with Gasteiger partial charge in [0.2, 0.25) is 5.91 Å². The first kappa shape index (κ1) is 16.2. The van der Waals surface area contributed by atoms with Gasteiger partial charge in [0.15, 0.2) is 0 Å². The molecule has 1 fully saturated rings. The van der Waals surface area contributed by atoms with E-state index in [1.807, 2.05) is 0 Å². The molecule has 0 spiro atoms. The number of carbonyl (C=O) groups is 2. The van der Waals surface area contributed by atoms with Gasteiger partial charge in [0, 0.05) is 24.9 Å². The molecule has 1 amide bonds. The van der Waals surface area contributed by atoms with Gasteiger partial charge in [-0.1, -0.05) is 0 Å². The molecular formula is C13H14FNO6S. The molecule has 0 saturated carbocycles. The summed E-state index contributed by atoms with van der Waals surface area (Å²) in [6, 6.07) is 4.12. The van der Waals surface area contributed by atoms with E-state index in [2.05, 4.69) is 0 Å². The fourth-order valence-corrected chi connectivity index (χ4v) is 3.24. The Kier molecular flexibility index (Phi) is 4.36. The number of hydrogen-bond donors (Lipinski definition) is 1. The summed E-state index contributed by atoms with van der Waals surface area (Å²) >= 11 is 0. The monoisotopic (exact) mass is 331 g/mol. The maximum absolute atomic E-state index is 12.8. The van der Waals surface area contributed by atoms with Crippen LogP contribution in [0.3, 0.4) is 0 Å². The van der Waals surface area contributed by atoms with Crippen LogP contribution in [0.1, 0.15) is 16.8 Å². The smallest absolute Gasteiger partial charge is 0.337 e. The summed E-state index contributed by atoms with van der Waals surface area (Å²) in [5, 5.41) is 9.19.